The number of rotatable bonds is 7. The first-order valence-electron chi connectivity index (χ1n) is 9.40. The molecule has 0 atom stereocenters. The second kappa shape index (κ2) is 8.71. The number of benzene rings is 2. The molecule has 0 fully saturated rings. The summed E-state index contributed by atoms with van der Waals surface area (Å²) in [5.74, 6) is 0.0487. The number of aromatic nitrogens is 2. The van der Waals surface area contributed by atoms with Crippen molar-refractivity contribution >= 4 is 12.1 Å². The quantitative estimate of drug-likeness (QED) is 0.534. The Labute approximate surface area is 177 Å². The number of alkyl halides is 3. The van der Waals surface area contributed by atoms with Crippen LogP contribution in [0.25, 0.3) is 5.69 Å². The first kappa shape index (κ1) is 22.2. The second-order valence-corrected chi connectivity index (χ2v) is 6.92. The van der Waals surface area contributed by atoms with Gasteiger partial charge in [0.15, 0.2) is 0 Å². The van der Waals surface area contributed by atoms with Gasteiger partial charge in [0, 0.05) is 5.69 Å². The van der Waals surface area contributed by atoms with Crippen LogP contribution in [0.4, 0.5) is 18.9 Å². The van der Waals surface area contributed by atoms with Crippen molar-refractivity contribution in [2.24, 2.45) is 0 Å². The Balaban J connectivity index is 1.99. The number of carbonyl (C=O) groups excluding carboxylic acids is 1. The third kappa shape index (κ3) is 4.50. The normalized spacial score (nSPS) is 11.3. The van der Waals surface area contributed by atoms with E-state index in [-0.39, 0.29) is 18.0 Å². The number of halogens is 3. The zero-order chi connectivity index (χ0) is 22.8. The molecule has 0 saturated heterocycles. The monoisotopic (exact) mass is 433 g/mol. The zero-order valence-electron chi connectivity index (χ0n) is 17.5. The van der Waals surface area contributed by atoms with Gasteiger partial charge in [0.25, 0.3) is 0 Å². The standard InChI is InChI=1S/C22H22F3N3O3/c1-13-14(2)27-28(15(13)3)16-8-9-21(18(10-16)22(23,24)25)31-11-17-19(26-12-29)6-5-7-20(17)30-4/h5-10,12H,11H2,1-4H3,(H,26,29). The minimum absolute atomic E-state index is 0.234. The minimum Gasteiger partial charge on any atom is -0.496 e. The number of aryl methyl sites for hydroxylation is 1. The molecule has 9 heteroatoms. The average molecular weight is 433 g/mol. The van der Waals surface area contributed by atoms with Gasteiger partial charge >= 0.3 is 6.18 Å². The summed E-state index contributed by atoms with van der Waals surface area (Å²) < 4.78 is 53.7. The topological polar surface area (TPSA) is 65.4 Å². The molecule has 2 aromatic carbocycles. The fraction of sp³-hybridized carbons (Fsp3) is 0.273. The van der Waals surface area contributed by atoms with E-state index in [0.29, 0.717) is 23.4 Å². The Hall–Kier alpha value is -3.49. The van der Waals surface area contributed by atoms with E-state index in [0.717, 1.165) is 23.0 Å². The van der Waals surface area contributed by atoms with Gasteiger partial charge in [-0.2, -0.15) is 18.3 Å². The number of amides is 1. The van der Waals surface area contributed by atoms with Crippen LogP contribution in [-0.2, 0) is 17.6 Å². The maximum absolute atomic E-state index is 13.8. The molecule has 0 saturated carbocycles. The summed E-state index contributed by atoms with van der Waals surface area (Å²) in [5.41, 5.74) is 2.60. The molecule has 31 heavy (non-hydrogen) atoms. The summed E-state index contributed by atoms with van der Waals surface area (Å²) in [6.07, 6.45) is -4.16. The van der Waals surface area contributed by atoms with Crippen LogP contribution in [0.15, 0.2) is 36.4 Å². The highest BCUT2D eigenvalue weighted by Crippen LogP contribution is 2.39. The van der Waals surface area contributed by atoms with Gasteiger partial charge in [-0.05, 0) is 56.7 Å². The number of nitrogens with zero attached hydrogens (tertiary/aromatic N) is 2. The molecular weight excluding hydrogens is 411 g/mol. The number of nitrogens with one attached hydrogen (secondary N) is 1. The van der Waals surface area contributed by atoms with Crippen molar-refractivity contribution in [3.63, 3.8) is 0 Å². The SMILES string of the molecule is COc1cccc(NC=O)c1COc1ccc(-n2nc(C)c(C)c2C)cc1C(F)(F)F. The summed E-state index contributed by atoms with van der Waals surface area (Å²) in [6.45, 7) is 5.24. The fourth-order valence-electron chi connectivity index (χ4n) is 3.22. The third-order valence-corrected chi connectivity index (χ3v) is 5.11. The van der Waals surface area contributed by atoms with Crippen molar-refractivity contribution in [1.82, 2.24) is 9.78 Å². The Morgan fingerprint density at radius 3 is 2.45 bits per heavy atom. The summed E-state index contributed by atoms with van der Waals surface area (Å²) in [4.78, 5) is 10.9. The number of carbonyl (C=O) groups is 1. The molecule has 0 unspecified atom stereocenters. The lowest BCUT2D eigenvalue weighted by Gasteiger charge is -2.18. The highest BCUT2D eigenvalue weighted by Gasteiger charge is 2.35. The van der Waals surface area contributed by atoms with Crippen LogP contribution in [0.3, 0.4) is 0 Å². The zero-order valence-corrected chi connectivity index (χ0v) is 17.5. The van der Waals surface area contributed by atoms with E-state index in [2.05, 4.69) is 10.4 Å². The molecule has 0 aliphatic heterocycles. The largest absolute Gasteiger partial charge is 0.496 e. The molecular formula is C22H22F3N3O3. The Kier molecular flexibility index (Phi) is 6.24. The molecule has 0 spiro atoms. The van der Waals surface area contributed by atoms with Crippen LogP contribution in [0.5, 0.6) is 11.5 Å². The van der Waals surface area contributed by atoms with Gasteiger partial charge < -0.3 is 14.8 Å². The lowest BCUT2D eigenvalue weighted by molar-refractivity contribution is -0.139. The number of anilines is 1. The number of ether oxygens (including phenoxy) is 2. The van der Waals surface area contributed by atoms with Gasteiger partial charge in [-0.3, -0.25) is 4.79 Å². The Morgan fingerprint density at radius 2 is 1.87 bits per heavy atom. The van der Waals surface area contributed by atoms with E-state index in [1.54, 1.807) is 32.0 Å². The summed E-state index contributed by atoms with van der Waals surface area (Å²) in [6, 6.07) is 8.70. The lowest BCUT2D eigenvalue weighted by Crippen LogP contribution is -2.12. The number of hydrogen-bond acceptors (Lipinski definition) is 4. The predicted octanol–water partition coefficient (Wildman–Crippen LogP) is 4.97. The lowest BCUT2D eigenvalue weighted by atomic mass is 10.1. The van der Waals surface area contributed by atoms with E-state index >= 15 is 0 Å². The molecule has 1 heterocycles. The van der Waals surface area contributed by atoms with Crippen LogP contribution in [0, 0.1) is 20.8 Å². The smallest absolute Gasteiger partial charge is 0.420 e. The first-order valence-corrected chi connectivity index (χ1v) is 9.40. The van der Waals surface area contributed by atoms with Gasteiger partial charge in [-0.1, -0.05) is 6.07 Å². The van der Waals surface area contributed by atoms with E-state index in [9.17, 15) is 18.0 Å². The molecule has 1 N–H and O–H groups in total. The molecule has 1 aromatic heterocycles. The van der Waals surface area contributed by atoms with Crippen molar-refractivity contribution in [3.8, 4) is 17.2 Å². The van der Waals surface area contributed by atoms with Crippen molar-refractivity contribution in [2.45, 2.75) is 33.6 Å². The average Bonchev–Trinajstić information content (AvgIpc) is 2.99. The van der Waals surface area contributed by atoms with Crippen LogP contribution in [0.2, 0.25) is 0 Å². The molecule has 3 aromatic rings. The van der Waals surface area contributed by atoms with E-state index in [4.69, 9.17) is 9.47 Å². The molecule has 6 nitrogen and oxygen atoms in total. The highest BCUT2D eigenvalue weighted by atomic mass is 19.4. The maximum atomic E-state index is 13.8. The number of hydrogen-bond donors (Lipinski definition) is 1. The van der Waals surface area contributed by atoms with Gasteiger partial charge in [0.05, 0.1) is 35.3 Å². The van der Waals surface area contributed by atoms with Crippen LogP contribution < -0.4 is 14.8 Å². The van der Waals surface area contributed by atoms with Crippen molar-refractivity contribution in [2.75, 3.05) is 12.4 Å². The summed E-state index contributed by atoms with van der Waals surface area (Å²) in [7, 11) is 1.43. The minimum atomic E-state index is -4.64. The molecule has 0 radical (unpaired) electrons. The summed E-state index contributed by atoms with van der Waals surface area (Å²) >= 11 is 0. The van der Waals surface area contributed by atoms with Gasteiger partial charge in [-0.15, -0.1) is 0 Å². The van der Waals surface area contributed by atoms with Crippen molar-refractivity contribution < 1.29 is 27.4 Å². The molecule has 3 rings (SSSR count). The maximum Gasteiger partial charge on any atom is 0.420 e. The van der Waals surface area contributed by atoms with E-state index < -0.39 is 11.7 Å². The van der Waals surface area contributed by atoms with Gasteiger partial charge in [0.2, 0.25) is 6.41 Å². The van der Waals surface area contributed by atoms with Crippen molar-refractivity contribution in [1.29, 1.82) is 0 Å². The third-order valence-electron chi connectivity index (χ3n) is 5.11. The Morgan fingerprint density at radius 1 is 1.13 bits per heavy atom. The van der Waals surface area contributed by atoms with Gasteiger partial charge in [0.1, 0.15) is 18.1 Å². The Bertz CT molecular complexity index is 1110. The first-order chi connectivity index (χ1) is 14.7. The summed E-state index contributed by atoms with van der Waals surface area (Å²) in [5, 5.41) is 6.83. The molecule has 1 amide bonds. The number of methoxy groups -OCH3 is 1. The van der Waals surface area contributed by atoms with Crippen LogP contribution in [0.1, 0.15) is 28.1 Å². The second-order valence-electron chi connectivity index (χ2n) is 6.92. The molecule has 0 bridgehead atoms. The molecule has 0 aliphatic carbocycles. The predicted molar refractivity (Wildman–Crippen MR) is 110 cm³/mol. The highest BCUT2D eigenvalue weighted by molar-refractivity contribution is 5.74. The van der Waals surface area contributed by atoms with Crippen LogP contribution in [-0.4, -0.2) is 23.3 Å². The molecule has 164 valence electrons. The van der Waals surface area contributed by atoms with Crippen molar-refractivity contribution in [3.05, 3.63) is 64.5 Å². The van der Waals surface area contributed by atoms with E-state index in [1.807, 2.05) is 6.92 Å². The van der Waals surface area contributed by atoms with Gasteiger partial charge in [-0.25, -0.2) is 4.68 Å². The fourth-order valence-corrected chi connectivity index (χ4v) is 3.22. The van der Waals surface area contributed by atoms with Crippen LogP contribution >= 0.6 is 0 Å². The molecule has 0 aliphatic rings. The van der Waals surface area contributed by atoms with E-state index in [1.165, 1.54) is 23.9 Å².